The zero-order valence-corrected chi connectivity index (χ0v) is 7.52. The van der Waals surface area contributed by atoms with E-state index in [1.807, 2.05) is 0 Å². The van der Waals surface area contributed by atoms with E-state index in [1.54, 1.807) is 6.07 Å². The molecule has 0 fully saturated rings. The Bertz CT molecular complexity index is 263. The summed E-state index contributed by atoms with van der Waals surface area (Å²) in [7, 11) is 0. The third kappa shape index (κ3) is 2.41. The maximum absolute atomic E-state index is 13.0. The van der Waals surface area contributed by atoms with Crippen LogP contribution in [0.5, 0.6) is 5.75 Å². The van der Waals surface area contributed by atoms with Crippen LogP contribution in [0.15, 0.2) is 18.2 Å². The molecule has 1 aromatic carbocycles. The van der Waals surface area contributed by atoms with Crippen LogP contribution < -0.4 is 0 Å². The Balaban J connectivity index is 2.72. The molecule has 0 aliphatic carbocycles. The van der Waals surface area contributed by atoms with Crippen molar-refractivity contribution < 1.29 is 9.50 Å². The molecule has 0 bridgehead atoms. The fourth-order valence-corrected chi connectivity index (χ4v) is 1.17. The fourth-order valence-electron chi connectivity index (χ4n) is 1.01. The summed E-state index contributed by atoms with van der Waals surface area (Å²) in [4.78, 5) is 0. The third-order valence-corrected chi connectivity index (χ3v) is 1.96. The van der Waals surface area contributed by atoms with Gasteiger partial charge in [-0.3, -0.25) is 0 Å². The van der Waals surface area contributed by atoms with Gasteiger partial charge < -0.3 is 5.11 Å². The molecule has 0 saturated carbocycles. The molecule has 0 aliphatic rings. The number of hydrogen-bond acceptors (Lipinski definition) is 2. The molecular formula is C9H11FOS. The van der Waals surface area contributed by atoms with Gasteiger partial charge in [0, 0.05) is 6.07 Å². The van der Waals surface area contributed by atoms with Crippen molar-refractivity contribution in [2.24, 2.45) is 0 Å². The highest BCUT2D eigenvalue weighted by atomic mass is 32.1. The van der Waals surface area contributed by atoms with E-state index in [4.69, 9.17) is 5.11 Å². The Morgan fingerprint density at radius 2 is 2.17 bits per heavy atom. The van der Waals surface area contributed by atoms with Crippen LogP contribution in [0, 0.1) is 5.82 Å². The van der Waals surface area contributed by atoms with Crippen LogP contribution in [-0.2, 0) is 6.42 Å². The van der Waals surface area contributed by atoms with E-state index >= 15 is 0 Å². The molecule has 0 spiro atoms. The van der Waals surface area contributed by atoms with Crippen molar-refractivity contribution in [3.8, 4) is 5.75 Å². The SMILES string of the molecule is Oc1ccc(CCCS)c(F)c1. The molecule has 0 amide bonds. The summed E-state index contributed by atoms with van der Waals surface area (Å²) >= 11 is 4.03. The van der Waals surface area contributed by atoms with Crippen LogP contribution in [0.3, 0.4) is 0 Å². The van der Waals surface area contributed by atoms with Crippen molar-refractivity contribution >= 4 is 12.6 Å². The van der Waals surface area contributed by atoms with Crippen LogP contribution >= 0.6 is 12.6 Å². The summed E-state index contributed by atoms with van der Waals surface area (Å²) in [5.41, 5.74) is 0.641. The smallest absolute Gasteiger partial charge is 0.130 e. The van der Waals surface area contributed by atoms with Gasteiger partial charge in [0.15, 0.2) is 0 Å². The Hall–Kier alpha value is -0.700. The van der Waals surface area contributed by atoms with Gasteiger partial charge >= 0.3 is 0 Å². The second-order valence-corrected chi connectivity index (χ2v) is 3.05. The molecule has 3 heteroatoms. The molecule has 0 heterocycles. The van der Waals surface area contributed by atoms with Crippen molar-refractivity contribution in [2.45, 2.75) is 12.8 Å². The summed E-state index contributed by atoms with van der Waals surface area (Å²) in [6.07, 6.45) is 1.53. The van der Waals surface area contributed by atoms with E-state index < -0.39 is 0 Å². The first kappa shape index (κ1) is 9.39. The van der Waals surface area contributed by atoms with Gasteiger partial charge in [-0.1, -0.05) is 6.07 Å². The number of benzene rings is 1. The van der Waals surface area contributed by atoms with Crippen molar-refractivity contribution in [1.82, 2.24) is 0 Å². The van der Waals surface area contributed by atoms with Crippen LogP contribution in [0.4, 0.5) is 4.39 Å². The second kappa shape index (κ2) is 4.36. The molecule has 0 aromatic heterocycles. The minimum atomic E-state index is -0.336. The minimum Gasteiger partial charge on any atom is -0.508 e. The van der Waals surface area contributed by atoms with Crippen molar-refractivity contribution in [1.29, 1.82) is 0 Å². The maximum atomic E-state index is 13.0. The Kier molecular flexibility index (Phi) is 3.41. The predicted octanol–water partition coefficient (Wildman–Crippen LogP) is 2.39. The average Bonchev–Trinajstić information content (AvgIpc) is 2.03. The maximum Gasteiger partial charge on any atom is 0.130 e. The van der Waals surface area contributed by atoms with Gasteiger partial charge in [-0.25, -0.2) is 4.39 Å². The van der Waals surface area contributed by atoms with Gasteiger partial charge in [0.25, 0.3) is 0 Å². The average molecular weight is 186 g/mol. The molecule has 1 aromatic rings. The molecule has 12 heavy (non-hydrogen) atoms. The first-order chi connectivity index (χ1) is 5.74. The zero-order chi connectivity index (χ0) is 8.97. The number of halogens is 1. The highest BCUT2D eigenvalue weighted by Crippen LogP contribution is 2.16. The monoisotopic (exact) mass is 186 g/mol. The number of phenols is 1. The first-order valence-corrected chi connectivity index (χ1v) is 4.45. The van der Waals surface area contributed by atoms with E-state index in [-0.39, 0.29) is 11.6 Å². The number of aromatic hydroxyl groups is 1. The second-order valence-electron chi connectivity index (χ2n) is 2.60. The van der Waals surface area contributed by atoms with Crippen LogP contribution in [0.2, 0.25) is 0 Å². The molecule has 0 aliphatic heterocycles. The van der Waals surface area contributed by atoms with E-state index in [0.29, 0.717) is 12.0 Å². The lowest BCUT2D eigenvalue weighted by Crippen LogP contribution is -1.90. The lowest BCUT2D eigenvalue weighted by atomic mass is 10.1. The Morgan fingerprint density at radius 1 is 1.42 bits per heavy atom. The summed E-state index contributed by atoms with van der Waals surface area (Å²) in [5.74, 6) is 0.388. The standard InChI is InChI=1S/C9H11FOS/c10-9-6-8(11)4-3-7(9)2-1-5-12/h3-4,6,11-12H,1-2,5H2. The van der Waals surface area contributed by atoms with Gasteiger partial charge in [-0.2, -0.15) is 12.6 Å². The van der Waals surface area contributed by atoms with Gasteiger partial charge in [-0.15, -0.1) is 0 Å². The number of hydrogen-bond donors (Lipinski definition) is 2. The summed E-state index contributed by atoms with van der Waals surface area (Å²) in [6, 6.07) is 4.24. The zero-order valence-electron chi connectivity index (χ0n) is 6.63. The normalized spacial score (nSPS) is 10.2. The van der Waals surface area contributed by atoms with E-state index in [0.717, 1.165) is 18.2 Å². The molecule has 0 saturated heterocycles. The molecule has 66 valence electrons. The summed E-state index contributed by atoms with van der Waals surface area (Å²) < 4.78 is 13.0. The fraction of sp³-hybridized carbons (Fsp3) is 0.333. The van der Waals surface area contributed by atoms with Crippen molar-refractivity contribution in [3.05, 3.63) is 29.6 Å². The van der Waals surface area contributed by atoms with Gasteiger partial charge in [0.1, 0.15) is 11.6 Å². The van der Waals surface area contributed by atoms with E-state index in [1.165, 1.54) is 6.07 Å². The quantitative estimate of drug-likeness (QED) is 0.694. The number of aryl methyl sites for hydroxylation is 1. The lowest BCUT2D eigenvalue weighted by molar-refractivity contribution is 0.467. The van der Waals surface area contributed by atoms with Gasteiger partial charge in [-0.05, 0) is 30.2 Å². The lowest BCUT2D eigenvalue weighted by Gasteiger charge is -2.01. The minimum absolute atomic E-state index is 0.0258. The molecular weight excluding hydrogens is 175 g/mol. The number of rotatable bonds is 3. The predicted molar refractivity (Wildman–Crippen MR) is 50.2 cm³/mol. The molecule has 0 radical (unpaired) electrons. The van der Waals surface area contributed by atoms with Crippen LogP contribution in [0.1, 0.15) is 12.0 Å². The topological polar surface area (TPSA) is 20.2 Å². The highest BCUT2D eigenvalue weighted by Gasteiger charge is 2.01. The first-order valence-electron chi connectivity index (χ1n) is 3.82. The summed E-state index contributed by atoms with van der Waals surface area (Å²) in [6.45, 7) is 0. The number of phenolic OH excluding ortho intramolecular Hbond substituents is 1. The van der Waals surface area contributed by atoms with Crippen LogP contribution in [0.25, 0.3) is 0 Å². The highest BCUT2D eigenvalue weighted by molar-refractivity contribution is 7.80. The Morgan fingerprint density at radius 3 is 2.75 bits per heavy atom. The van der Waals surface area contributed by atoms with Crippen LogP contribution in [-0.4, -0.2) is 10.9 Å². The molecule has 1 rings (SSSR count). The molecule has 1 nitrogen and oxygen atoms in total. The summed E-state index contributed by atoms with van der Waals surface area (Å²) in [5, 5.41) is 8.91. The largest absolute Gasteiger partial charge is 0.508 e. The molecule has 1 N–H and O–H groups in total. The van der Waals surface area contributed by atoms with Crippen molar-refractivity contribution in [3.63, 3.8) is 0 Å². The Labute approximate surface area is 76.6 Å². The van der Waals surface area contributed by atoms with Gasteiger partial charge in [0.05, 0.1) is 0 Å². The molecule has 0 unspecified atom stereocenters. The van der Waals surface area contributed by atoms with E-state index in [9.17, 15) is 4.39 Å². The van der Waals surface area contributed by atoms with Crippen molar-refractivity contribution in [2.75, 3.05) is 5.75 Å². The number of thiol groups is 1. The third-order valence-electron chi connectivity index (χ3n) is 1.64. The van der Waals surface area contributed by atoms with E-state index in [2.05, 4.69) is 12.6 Å². The van der Waals surface area contributed by atoms with Gasteiger partial charge in [0.2, 0.25) is 0 Å². The molecule has 0 atom stereocenters.